The maximum atomic E-state index is 12.6. The number of sulfone groups is 1. The van der Waals surface area contributed by atoms with Crippen LogP contribution in [0.1, 0.15) is 43.9 Å². The Bertz CT molecular complexity index is 865. The van der Waals surface area contributed by atoms with Crippen LogP contribution < -0.4 is 0 Å². The first-order chi connectivity index (χ1) is 14.0. The minimum absolute atomic E-state index is 0.0573. The molecule has 29 heavy (non-hydrogen) atoms. The first-order valence-electron chi connectivity index (χ1n) is 10.7. The van der Waals surface area contributed by atoms with Gasteiger partial charge in [0.2, 0.25) is 15.0 Å². The number of nitrogens with zero attached hydrogens (tertiary/aromatic N) is 3. The fourth-order valence-electron chi connectivity index (χ4n) is 4.16. The van der Waals surface area contributed by atoms with Gasteiger partial charge in [-0.1, -0.05) is 37.3 Å². The summed E-state index contributed by atoms with van der Waals surface area (Å²) in [5.74, 6) is 0.664. The average molecular weight is 420 g/mol. The van der Waals surface area contributed by atoms with Crippen molar-refractivity contribution in [2.45, 2.75) is 57.3 Å². The molecule has 0 aliphatic carbocycles. The molecular weight excluding hydrogens is 386 g/mol. The van der Waals surface area contributed by atoms with Crippen molar-refractivity contribution < 1.29 is 13.5 Å². The summed E-state index contributed by atoms with van der Waals surface area (Å²) < 4.78 is 27.1. The molecule has 0 radical (unpaired) electrons. The average Bonchev–Trinajstić information content (AvgIpc) is 3.15. The number of piperidine rings is 1. The van der Waals surface area contributed by atoms with Gasteiger partial charge in [0.15, 0.2) is 0 Å². The second-order valence-corrected chi connectivity index (χ2v) is 10.1. The van der Waals surface area contributed by atoms with Crippen LogP contribution in [0.25, 0.3) is 0 Å². The Labute approximate surface area is 174 Å². The van der Waals surface area contributed by atoms with Gasteiger partial charge in [-0.2, -0.15) is 0 Å². The lowest BCUT2D eigenvalue weighted by atomic mass is 9.93. The number of aliphatic hydroxyl groups is 1. The van der Waals surface area contributed by atoms with Crippen LogP contribution in [-0.4, -0.2) is 53.4 Å². The van der Waals surface area contributed by atoms with Crippen LogP contribution in [0.4, 0.5) is 0 Å². The van der Waals surface area contributed by atoms with Crippen molar-refractivity contribution >= 4 is 9.84 Å². The Kier molecular flexibility index (Phi) is 7.86. The van der Waals surface area contributed by atoms with Crippen molar-refractivity contribution in [1.29, 1.82) is 0 Å². The molecule has 1 aromatic heterocycles. The molecule has 1 saturated heterocycles. The molecule has 6 nitrogen and oxygen atoms in total. The predicted octanol–water partition coefficient (Wildman–Crippen LogP) is 2.90. The topological polar surface area (TPSA) is 75.4 Å². The molecule has 1 fully saturated rings. The quantitative estimate of drug-likeness (QED) is 0.641. The van der Waals surface area contributed by atoms with Crippen LogP contribution in [0.3, 0.4) is 0 Å². The summed E-state index contributed by atoms with van der Waals surface area (Å²) in [6.45, 7) is 5.27. The molecule has 0 unspecified atom stereocenters. The largest absolute Gasteiger partial charge is 0.396 e. The maximum Gasteiger partial charge on any atom is 0.227 e. The molecule has 2 aromatic rings. The van der Waals surface area contributed by atoms with Gasteiger partial charge in [-0.3, -0.25) is 4.90 Å². The van der Waals surface area contributed by atoms with E-state index in [9.17, 15) is 8.42 Å². The Morgan fingerprint density at radius 1 is 1.24 bits per heavy atom. The van der Waals surface area contributed by atoms with Crippen molar-refractivity contribution in [3.8, 4) is 0 Å². The van der Waals surface area contributed by atoms with E-state index < -0.39 is 9.84 Å². The third-order valence-electron chi connectivity index (χ3n) is 5.79. The number of hydrogen-bond acceptors (Lipinski definition) is 5. The maximum absolute atomic E-state index is 12.6. The zero-order valence-corrected chi connectivity index (χ0v) is 18.1. The van der Waals surface area contributed by atoms with E-state index in [0.29, 0.717) is 12.5 Å². The van der Waals surface area contributed by atoms with Crippen molar-refractivity contribution in [2.24, 2.45) is 5.92 Å². The number of aromatic nitrogens is 2. The summed E-state index contributed by atoms with van der Waals surface area (Å²) in [6, 6.07) is 10.1. The highest BCUT2D eigenvalue weighted by molar-refractivity contribution is 7.91. The molecule has 0 saturated carbocycles. The highest BCUT2D eigenvalue weighted by Gasteiger charge is 2.25. The summed E-state index contributed by atoms with van der Waals surface area (Å²) in [5.41, 5.74) is 2.16. The van der Waals surface area contributed by atoms with Gasteiger partial charge in [-0.15, -0.1) is 0 Å². The van der Waals surface area contributed by atoms with E-state index in [4.69, 9.17) is 5.11 Å². The lowest BCUT2D eigenvalue weighted by Gasteiger charge is -2.32. The zero-order chi connectivity index (χ0) is 20.7. The van der Waals surface area contributed by atoms with Crippen LogP contribution in [-0.2, 0) is 29.3 Å². The van der Waals surface area contributed by atoms with E-state index >= 15 is 0 Å². The van der Waals surface area contributed by atoms with E-state index in [1.807, 2.05) is 22.8 Å². The molecule has 1 N–H and O–H groups in total. The molecular formula is C22H33N3O3S. The minimum atomic E-state index is -3.37. The van der Waals surface area contributed by atoms with Crippen LogP contribution in [0.15, 0.2) is 41.7 Å². The van der Waals surface area contributed by atoms with Gasteiger partial charge in [-0.25, -0.2) is 13.4 Å². The van der Waals surface area contributed by atoms with Gasteiger partial charge in [-0.05, 0) is 50.1 Å². The normalized spacial score (nSPS) is 18.2. The molecule has 1 atom stereocenters. The second-order valence-electron chi connectivity index (χ2n) is 7.93. The first kappa shape index (κ1) is 22.0. The van der Waals surface area contributed by atoms with E-state index in [2.05, 4.69) is 22.0 Å². The van der Waals surface area contributed by atoms with Crippen molar-refractivity contribution in [1.82, 2.24) is 14.5 Å². The summed E-state index contributed by atoms with van der Waals surface area (Å²) in [4.78, 5) is 6.73. The summed E-state index contributed by atoms with van der Waals surface area (Å²) in [6.07, 6.45) is 6.77. The van der Waals surface area contributed by atoms with Gasteiger partial charge in [0.05, 0.1) is 17.6 Å². The number of aliphatic hydroxyl groups excluding tert-OH is 1. The molecule has 160 valence electrons. The van der Waals surface area contributed by atoms with E-state index in [1.165, 1.54) is 12.0 Å². The van der Waals surface area contributed by atoms with Crippen molar-refractivity contribution in [2.75, 3.05) is 25.4 Å². The van der Waals surface area contributed by atoms with Crippen LogP contribution in [0.2, 0.25) is 0 Å². The molecule has 1 aromatic carbocycles. The number of benzene rings is 1. The number of likely N-dealkylation sites (tertiary alicyclic amines) is 1. The Balaban J connectivity index is 1.77. The third kappa shape index (κ3) is 5.90. The van der Waals surface area contributed by atoms with Gasteiger partial charge in [0.1, 0.15) is 0 Å². The predicted molar refractivity (Wildman–Crippen MR) is 114 cm³/mol. The van der Waals surface area contributed by atoms with E-state index in [1.54, 1.807) is 13.1 Å². The van der Waals surface area contributed by atoms with Crippen LogP contribution >= 0.6 is 0 Å². The fourth-order valence-corrected chi connectivity index (χ4v) is 5.18. The van der Waals surface area contributed by atoms with Gasteiger partial charge in [0, 0.05) is 26.2 Å². The van der Waals surface area contributed by atoms with Gasteiger partial charge < -0.3 is 9.67 Å². The van der Waals surface area contributed by atoms with Gasteiger partial charge >= 0.3 is 0 Å². The zero-order valence-electron chi connectivity index (χ0n) is 17.3. The molecule has 1 aliphatic rings. The Morgan fingerprint density at radius 2 is 2.03 bits per heavy atom. The molecule has 0 bridgehead atoms. The molecule has 0 amide bonds. The molecule has 3 rings (SSSR count). The second kappa shape index (κ2) is 10.4. The summed E-state index contributed by atoms with van der Waals surface area (Å²) in [5, 5.41) is 9.30. The lowest BCUT2D eigenvalue weighted by molar-refractivity contribution is 0.150. The van der Waals surface area contributed by atoms with E-state index in [-0.39, 0.29) is 17.5 Å². The monoisotopic (exact) mass is 419 g/mol. The number of hydrogen-bond donors (Lipinski definition) is 1. The van der Waals surface area contributed by atoms with Crippen molar-refractivity contribution in [3.63, 3.8) is 0 Å². The SMILES string of the molecule is CCS(=O)(=O)c1ncc(CN2CCC[C@@H](CCCO)C2)n1CCc1ccccc1. The summed E-state index contributed by atoms with van der Waals surface area (Å²) >= 11 is 0. The summed E-state index contributed by atoms with van der Waals surface area (Å²) in [7, 11) is -3.37. The molecule has 7 heteroatoms. The smallest absolute Gasteiger partial charge is 0.227 e. The standard InChI is InChI=1S/C22H33N3O3S/c1-2-29(27,28)22-23-16-21(25(22)14-12-19-8-4-3-5-9-19)18-24-13-6-10-20(17-24)11-7-15-26/h3-5,8-9,16,20,26H,2,6-7,10-15,17-18H2,1H3/t20-/m0/s1. The highest BCUT2D eigenvalue weighted by Crippen LogP contribution is 2.23. The Morgan fingerprint density at radius 3 is 2.76 bits per heavy atom. The van der Waals surface area contributed by atoms with Crippen molar-refractivity contribution in [3.05, 3.63) is 47.8 Å². The highest BCUT2D eigenvalue weighted by atomic mass is 32.2. The molecule has 2 heterocycles. The third-order valence-corrected chi connectivity index (χ3v) is 7.43. The fraction of sp³-hybridized carbons (Fsp3) is 0.591. The first-order valence-corrected chi connectivity index (χ1v) is 12.3. The van der Waals surface area contributed by atoms with Crippen LogP contribution in [0.5, 0.6) is 0 Å². The molecule has 0 spiro atoms. The Hall–Kier alpha value is -1.70. The van der Waals surface area contributed by atoms with E-state index in [0.717, 1.165) is 51.0 Å². The van der Waals surface area contributed by atoms with Crippen LogP contribution in [0, 0.1) is 5.92 Å². The minimum Gasteiger partial charge on any atom is -0.396 e. The lowest BCUT2D eigenvalue weighted by Crippen LogP contribution is -2.35. The number of imidazole rings is 1. The molecule has 1 aliphatic heterocycles. The number of rotatable bonds is 10. The number of aryl methyl sites for hydroxylation is 1. The van der Waals surface area contributed by atoms with Gasteiger partial charge in [0.25, 0.3) is 0 Å².